The third-order valence-electron chi connectivity index (χ3n) is 3.11. The first-order valence-electron chi connectivity index (χ1n) is 6.67. The normalized spacial score (nSPS) is 10.7. The molecule has 1 aromatic heterocycles. The van der Waals surface area contributed by atoms with Gasteiger partial charge in [0.2, 0.25) is 5.16 Å². The van der Waals surface area contributed by atoms with Gasteiger partial charge >= 0.3 is 0 Å². The largest absolute Gasteiger partial charge is 0.269 e. The fourth-order valence-electron chi connectivity index (χ4n) is 1.95. The van der Waals surface area contributed by atoms with Gasteiger partial charge in [0.1, 0.15) is 5.82 Å². The number of aromatic nitrogens is 3. The fraction of sp³-hybridized carbons (Fsp3) is 0.0667. The van der Waals surface area contributed by atoms with Crippen molar-refractivity contribution in [1.29, 1.82) is 0 Å². The molecule has 1 heterocycles. The van der Waals surface area contributed by atoms with Crippen LogP contribution in [0, 0.1) is 15.9 Å². The van der Waals surface area contributed by atoms with E-state index in [1.807, 2.05) is 0 Å². The number of hydrogen-bond acceptors (Lipinski definition) is 5. The smallest absolute Gasteiger partial charge is 0.258 e. The number of aromatic amines is 1. The SMILES string of the molecule is O=[N+]([O-])c1ccc(CSc2n[nH]c(-c3ccccc3F)n2)cc1. The third kappa shape index (κ3) is 3.54. The van der Waals surface area contributed by atoms with Crippen LogP contribution in [0.25, 0.3) is 11.4 Å². The molecule has 0 amide bonds. The average Bonchev–Trinajstić information content (AvgIpc) is 3.02. The highest BCUT2D eigenvalue weighted by atomic mass is 32.2. The zero-order valence-corrected chi connectivity index (χ0v) is 12.6. The van der Waals surface area contributed by atoms with E-state index in [9.17, 15) is 14.5 Å². The Morgan fingerprint density at radius 3 is 2.61 bits per heavy atom. The summed E-state index contributed by atoms with van der Waals surface area (Å²) >= 11 is 1.36. The van der Waals surface area contributed by atoms with Gasteiger partial charge < -0.3 is 0 Å². The molecule has 2 aromatic carbocycles. The number of nitro groups is 1. The van der Waals surface area contributed by atoms with Crippen LogP contribution in [-0.4, -0.2) is 20.1 Å². The van der Waals surface area contributed by atoms with Crippen molar-refractivity contribution in [2.75, 3.05) is 0 Å². The molecule has 0 radical (unpaired) electrons. The second kappa shape index (κ2) is 6.57. The van der Waals surface area contributed by atoms with E-state index in [4.69, 9.17) is 0 Å². The Bertz CT molecular complexity index is 836. The lowest BCUT2D eigenvalue weighted by molar-refractivity contribution is -0.384. The van der Waals surface area contributed by atoms with Gasteiger partial charge in [-0.05, 0) is 17.7 Å². The van der Waals surface area contributed by atoms with Crippen LogP contribution >= 0.6 is 11.8 Å². The predicted octanol–water partition coefficient (Wildman–Crippen LogP) is 3.81. The number of halogens is 1. The van der Waals surface area contributed by atoms with Gasteiger partial charge in [0, 0.05) is 17.9 Å². The molecule has 0 aliphatic heterocycles. The van der Waals surface area contributed by atoms with E-state index in [1.54, 1.807) is 30.3 Å². The molecule has 0 saturated carbocycles. The molecular formula is C15H11FN4O2S. The summed E-state index contributed by atoms with van der Waals surface area (Å²) in [5.74, 6) is 0.567. The minimum Gasteiger partial charge on any atom is -0.258 e. The van der Waals surface area contributed by atoms with Crippen molar-refractivity contribution in [2.24, 2.45) is 0 Å². The second-order valence-electron chi connectivity index (χ2n) is 4.66. The molecule has 0 fully saturated rings. The Morgan fingerprint density at radius 2 is 1.91 bits per heavy atom. The first-order chi connectivity index (χ1) is 11.1. The maximum Gasteiger partial charge on any atom is 0.269 e. The lowest BCUT2D eigenvalue weighted by Crippen LogP contribution is -1.88. The first kappa shape index (κ1) is 15.2. The number of nitrogens with zero attached hydrogens (tertiary/aromatic N) is 3. The van der Waals surface area contributed by atoms with Crippen LogP contribution in [0.5, 0.6) is 0 Å². The molecule has 3 aromatic rings. The summed E-state index contributed by atoms with van der Waals surface area (Å²) in [7, 11) is 0. The van der Waals surface area contributed by atoms with Crippen LogP contribution < -0.4 is 0 Å². The summed E-state index contributed by atoms with van der Waals surface area (Å²) in [6, 6.07) is 12.6. The molecule has 6 nitrogen and oxygen atoms in total. The van der Waals surface area contributed by atoms with Gasteiger partial charge in [-0.1, -0.05) is 36.0 Å². The van der Waals surface area contributed by atoms with Gasteiger partial charge in [0.05, 0.1) is 10.5 Å². The van der Waals surface area contributed by atoms with E-state index in [1.165, 1.54) is 30.0 Å². The molecule has 116 valence electrons. The topological polar surface area (TPSA) is 84.7 Å². The highest BCUT2D eigenvalue weighted by molar-refractivity contribution is 7.98. The Kier molecular flexibility index (Phi) is 4.33. The first-order valence-corrected chi connectivity index (χ1v) is 7.65. The van der Waals surface area contributed by atoms with Crippen molar-refractivity contribution in [1.82, 2.24) is 15.2 Å². The van der Waals surface area contributed by atoms with Gasteiger partial charge in [0.25, 0.3) is 5.69 Å². The number of benzene rings is 2. The zero-order chi connectivity index (χ0) is 16.2. The monoisotopic (exact) mass is 330 g/mol. The van der Waals surface area contributed by atoms with E-state index in [2.05, 4.69) is 15.2 Å². The van der Waals surface area contributed by atoms with Crippen LogP contribution in [-0.2, 0) is 5.75 Å². The van der Waals surface area contributed by atoms with Crippen LogP contribution in [0.15, 0.2) is 53.7 Å². The Hall–Kier alpha value is -2.74. The molecular weight excluding hydrogens is 319 g/mol. The number of rotatable bonds is 5. The lowest BCUT2D eigenvalue weighted by Gasteiger charge is -1.98. The quantitative estimate of drug-likeness (QED) is 0.437. The number of nitro benzene ring substituents is 1. The number of non-ortho nitro benzene ring substituents is 1. The van der Waals surface area contributed by atoms with Crippen LogP contribution in [0.3, 0.4) is 0 Å². The molecule has 0 atom stereocenters. The standard InChI is InChI=1S/C15H11FN4O2S/c16-13-4-2-1-3-12(13)14-17-15(19-18-14)23-9-10-5-7-11(8-6-10)20(21)22/h1-8H,9H2,(H,17,18,19). The summed E-state index contributed by atoms with van der Waals surface area (Å²) in [6.07, 6.45) is 0. The summed E-state index contributed by atoms with van der Waals surface area (Å²) in [5.41, 5.74) is 1.33. The lowest BCUT2D eigenvalue weighted by atomic mass is 10.2. The van der Waals surface area contributed by atoms with Crippen LogP contribution in [0.1, 0.15) is 5.56 Å². The number of nitrogens with one attached hydrogen (secondary N) is 1. The molecule has 0 aliphatic carbocycles. The maximum absolute atomic E-state index is 13.7. The molecule has 0 bridgehead atoms. The highest BCUT2D eigenvalue weighted by Crippen LogP contribution is 2.24. The van der Waals surface area contributed by atoms with Crippen LogP contribution in [0.2, 0.25) is 0 Å². The average molecular weight is 330 g/mol. The molecule has 1 N–H and O–H groups in total. The third-order valence-corrected chi connectivity index (χ3v) is 4.03. The Balaban J connectivity index is 1.68. The number of thioether (sulfide) groups is 1. The van der Waals surface area contributed by atoms with Gasteiger partial charge in [-0.2, -0.15) is 0 Å². The molecule has 8 heteroatoms. The van der Waals surface area contributed by atoms with E-state index in [-0.39, 0.29) is 11.5 Å². The number of H-pyrrole nitrogens is 1. The van der Waals surface area contributed by atoms with Crippen LogP contribution in [0.4, 0.5) is 10.1 Å². The molecule has 0 unspecified atom stereocenters. The molecule has 0 saturated heterocycles. The minimum atomic E-state index is -0.438. The molecule has 23 heavy (non-hydrogen) atoms. The minimum absolute atomic E-state index is 0.0542. The second-order valence-corrected chi connectivity index (χ2v) is 5.60. The fourth-order valence-corrected chi connectivity index (χ4v) is 2.70. The van der Waals surface area contributed by atoms with Crippen molar-refractivity contribution >= 4 is 17.4 Å². The van der Waals surface area contributed by atoms with Gasteiger partial charge in [-0.15, -0.1) is 5.10 Å². The molecule has 0 spiro atoms. The van der Waals surface area contributed by atoms with Crippen molar-refractivity contribution in [2.45, 2.75) is 10.9 Å². The number of hydrogen-bond donors (Lipinski definition) is 1. The predicted molar refractivity (Wildman–Crippen MR) is 84.4 cm³/mol. The summed E-state index contributed by atoms with van der Waals surface area (Å²) in [4.78, 5) is 14.4. The Labute approximate surface area is 134 Å². The Morgan fingerprint density at radius 1 is 1.17 bits per heavy atom. The van der Waals surface area contributed by atoms with Crippen molar-refractivity contribution < 1.29 is 9.31 Å². The maximum atomic E-state index is 13.7. The van der Waals surface area contributed by atoms with Gasteiger partial charge in [-0.25, -0.2) is 9.37 Å². The zero-order valence-electron chi connectivity index (χ0n) is 11.8. The van der Waals surface area contributed by atoms with E-state index >= 15 is 0 Å². The van der Waals surface area contributed by atoms with Gasteiger partial charge in [-0.3, -0.25) is 15.2 Å². The van der Waals surface area contributed by atoms with E-state index in [0.29, 0.717) is 22.3 Å². The molecule has 3 rings (SSSR count). The van der Waals surface area contributed by atoms with Crippen molar-refractivity contribution in [3.05, 3.63) is 70.0 Å². The molecule has 0 aliphatic rings. The van der Waals surface area contributed by atoms with Crippen molar-refractivity contribution in [3.63, 3.8) is 0 Å². The summed E-state index contributed by atoms with van der Waals surface area (Å²) in [6.45, 7) is 0. The van der Waals surface area contributed by atoms with Gasteiger partial charge in [0.15, 0.2) is 5.82 Å². The highest BCUT2D eigenvalue weighted by Gasteiger charge is 2.10. The summed E-state index contributed by atoms with van der Waals surface area (Å²) < 4.78 is 13.7. The van der Waals surface area contributed by atoms with E-state index < -0.39 is 4.92 Å². The summed E-state index contributed by atoms with van der Waals surface area (Å²) in [5, 5.41) is 17.8. The van der Waals surface area contributed by atoms with E-state index in [0.717, 1.165) is 5.56 Å². The van der Waals surface area contributed by atoms with Crippen molar-refractivity contribution in [3.8, 4) is 11.4 Å².